The van der Waals surface area contributed by atoms with E-state index in [4.69, 9.17) is 9.72 Å². The predicted octanol–water partition coefficient (Wildman–Crippen LogP) is 0.309. The van der Waals surface area contributed by atoms with Gasteiger partial charge in [-0.05, 0) is 38.7 Å². The second-order valence-electron chi connectivity index (χ2n) is 8.34. The van der Waals surface area contributed by atoms with Gasteiger partial charge in [0.2, 0.25) is 5.95 Å². The van der Waals surface area contributed by atoms with E-state index in [1.165, 1.54) is 0 Å². The molecule has 3 fully saturated rings. The van der Waals surface area contributed by atoms with Gasteiger partial charge in [-0.15, -0.1) is 0 Å². The van der Waals surface area contributed by atoms with Crippen LogP contribution in [0.3, 0.4) is 0 Å². The van der Waals surface area contributed by atoms with Gasteiger partial charge in [-0.3, -0.25) is 0 Å². The third-order valence-electron chi connectivity index (χ3n) is 6.39. The van der Waals surface area contributed by atoms with E-state index in [0.717, 1.165) is 31.7 Å². The van der Waals surface area contributed by atoms with E-state index >= 15 is 0 Å². The van der Waals surface area contributed by atoms with Crippen molar-refractivity contribution in [1.82, 2.24) is 9.97 Å². The van der Waals surface area contributed by atoms with Crippen molar-refractivity contribution in [3.8, 4) is 0 Å². The molecule has 3 saturated heterocycles. The predicted molar refractivity (Wildman–Crippen MR) is 101 cm³/mol. The van der Waals surface area contributed by atoms with Gasteiger partial charge in [0.1, 0.15) is 17.5 Å². The maximum atomic E-state index is 10.7. The van der Waals surface area contributed by atoms with Crippen molar-refractivity contribution >= 4 is 11.8 Å². The summed E-state index contributed by atoms with van der Waals surface area (Å²) >= 11 is 0. The lowest BCUT2D eigenvalue weighted by atomic mass is 9.75. The van der Waals surface area contributed by atoms with Gasteiger partial charge in [-0.25, -0.2) is 4.98 Å². The fraction of sp³-hybridized carbons (Fsp3) is 0.789. The van der Waals surface area contributed by atoms with Crippen LogP contribution in [0.4, 0.5) is 11.8 Å². The molecule has 3 aliphatic rings. The van der Waals surface area contributed by atoms with Crippen molar-refractivity contribution in [2.24, 2.45) is 0 Å². The van der Waals surface area contributed by atoms with Crippen molar-refractivity contribution < 1.29 is 20.1 Å². The van der Waals surface area contributed by atoms with Gasteiger partial charge in [-0.1, -0.05) is 0 Å². The number of hydrogen-bond donors (Lipinski definition) is 3. The van der Waals surface area contributed by atoms with Crippen molar-refractivity contribution in [2.75, 3.05) is 42.6 Å². The zero-order valence-corrected chi connectivity index (χ0v) is 15.9. The zero-order chi connectivity index (χ0) is 19.1. The van der Waals surface area contributed by atoms with Crippen LogP contribution in [0.25, 0.3) is 0 Å². The summed E-state index contributed by atoms with van der Waals surface area (Å²) in [6, 6.07) is 1.91. The van der Waals surface area contributed by atoms with Gasteiger partial charge >= 0.3 is 0 Å². The third kappa shape index (κ3) is 3.63. The highest BCUT2D eigenvalue weighted by Gasteiger charge is 2.52. The van der Waals surface area contributed by atoms with Crippen LogP contribution >= 0.6 is 0 Å². The molecule has 3 N–H and O–H groups in total. The lowest BCUT2D eigenvalue weighted by Crippen LogP contribution is -2.64. The Bertz CT molecular complexity index is 655. The summed E-state index contributed by atoms with van der Waals surface area (Å²) < 4.78 is 5.96. The Morgan fingerprint density at radius 1 is 1.07 bits per heavy atom. The molecule has 4 heterocycles. The molecule has 4 rings (SSSR count). The Kier molecular flexibility index (Phi) is 5.00. The quantitative estimate of drug-likeness (QED) is 0.676. The number of aliphatic hydroxyl groups is 3. The summed E-state index contributed by atoms with van der Waals surface area (Å²) in [7, 11) is 0. The number of anilines is 2. The van der Waals surface area contributed by atoms with Gasteiger partial charge in [0.25, 0.3) is 0 Å². The first-order valence-corrected chi connectivity index (χ1v) is 9.95. The lowest BCUT2D eigenvalue weighted by molar-refractivity contribution is -0.239. The fourth-order valence-corrected chi connectivity index (χ4v) is 4.51. The Hall–Kier alpha value is -1.48. The minimum atomic E-state index is -1.10. The Labute approximate surface area is 159 Å². The van der Waals surface area contributed by atoms with E-state index in [1.807, 2.05) is 6.07 Å². The summed E-state index contributed by atoms with van der Waals surface area (Å²) in [6.07, 6.45) is 3.94. The summed E-state index contributed by atoms with van der Waals surface area (Å²) in [5.41, 5.74) is -1.78. The second-order valence-corrected chi connectivity index (χ2v) is 8.34. The Morgan fingerprint density at radius 3 is 2.48 bits per heavy atom. The molecule has 1 aromatic rings. The fourth-order valence-electron chi connectivity index (χ4n) is 4.51. The minimum absolute atomic E-state index is 0.208. The molecule has 8 nitrogen and oxygen atoms in total. The molecule has 2 atom stereocenters. The molecule has 0 amide bonds. The van der Waals surface area contributed by atoms with Gasteiger partial charge in [-0.2, -0.15) is 4.98 Å². The van der Waals surface area contributed by atoms with Gasteiger partial charge in [0.05, 0.1) is 18.3 Å². The molecule has 1 aromatic heterocycles. The highest BCUT2D eigenvalue weighted by Crippen LogP contribution is 2.40. The molecule has 0 radical (unpaired) electrons. The van der Waals surface area contributed by atoms with Crippen LogP contribution in [0.2, 0.25) is 0 Å². The number of aromatic nitrogens is 2. The first-order chi connectivity index (χ1) is 12.9. The average Bonchev–Trinajstić information content (AvgIpc) is 2.67. The van der Waals surface area contributed by atoms with E-state index in [0.29, 0.717) is 44.9 Å². The molecule has 27 heavy (non-hydrogen) atoms. The Balaban J connectivity index is 1.43. The summed E-state index contributed by atoms with van der Waals surface area (Å²) in [6.45, 7) is 5.11. The summed E-state index contributed by atoms with van der Waals surface area (Å²) in [5.74, 6) is 1.58. The number of nitrogens with zero attached hydrogens (tertiary/aromatic N) is 4. The van der Waals surface area contributed by atoms with Crippen LogP contribution in [0.1, 0.15) is 39.0 Å². The first kappa shape index (κ1) is 18.9. The normalized spacial score (nSPS) is 32.1. The molecule has 8 heteroatoms. The smallest absolute Gasteiger partial charge is 0.227 e. The van der Waals surface area contributed by atoms with E-state index in [2.05, 4.69) is 14.8 Å². The summed E-state index contributed by atoms with van der Waals surface area (Å²) in [4.78, 5) is 13.5. The lowest BCUT2D eigenvalue weighted by Gasteiger charge is -2.51. The number of hydrogen-bond acceptors (Lipinski definition) is 8. The van der Waals surface area contributed by atoms with Crippen molar-refractivity contribution in [3.63, 3.8) is 0 Å². The molecule has 1 spiro atoms. The molecular weight excluding hydrogens is 348 g/mol. The molecule has 0 bridgehead atoms. The molecular formula is C19H30N4O4. The topological polar surface area (TPSA) is 102 Å². The van der Waals surface area contributed by atoms with Crippen LogP contribution < -0.4 is 9.80 Å². The van der Waals surface area contributed by atoms with Crippen molar-refractivity contribution in [2.45, 2.75) is 62.4 Å². The summed E-state index contributed by atoms with van der Waals surface area (Å²) in [5, 5.41) is 30.8. The number of piperidine rings is 2. The first-order valence-electron chi connectivity index (χ1n) is 9.95. The largest absolute Gasteiger partial charge is 0.393 e. The SMILES string of the molecule is C[C@@]1(O)CCOC2(CCN(c3nccc(N4CCC(O)CC4)n3)CC2)[C@H]1O. The van der Waals surface area contributed by atoms with E-state index in [1.54, 1.807) is 13.1 Å². The zero-order valence-electron chi connectivity index (χ0n) is 15.9. The minimum Gasteiger partial charge on any atom is -0.393 e. The molecule has 0 unspecified atom stereocenters. The maximum Gasteiger partial charge on any atom is 0.227 e. The van der Waals surface area contributed by atoms with E-state index in [9.17, 15) is 15.3 Å². The number of ether oxygens (including phenoxy) is 1. The molecule has 0 aliphatic carbocycles. The molecule has 150 valence electrons. The van der Waals surface area contributed by atoms with Crippen LogP contribution in [0.15, 0.2) is 12.3 Å². The Morgan fingerprint density at radius 2 is 1.78 bits per heavy atom. The molecule has 3 aliphatic heterocycles. The molecule has 0 saturated carbocycles. The molecule has 0 aromatic carbocycles. The second kappa shape index (κ2) is 7.16. The van der Waals surface area contributed by atoms with Gasteiger partial charge in [0.15, 0.2) is 0 Å². The average molecular weight is 378 g/mol. The standard InChI is InChI=1S/C19H30N4O4/c1-18(26)7-13-27-19(16(18)25)5-11-23(12-6-19)17-20-8-2-15(21-17)22-9-3-14(24)4-10-22/h2,8,14,16,24-26H,3-7,9-13H2,1H3/t16-,18+/m0/s1. The highest BCUT2D eigenvalue weighted by atomic mass is 16.5. The van der Waals surface area contributed by atoms with Crippen molar-refractivity contribution in [1.29, 1.82) is 0 Å². The van der Waals surface area contributed by atoms with Crippen LogP contribution in [0.5, 0.6) is 0 Å². The number of aliphatic hydroxyl groups excluding tert-OH is 2. The van der Waals surface area contributed by atoms with Crippen LogP contribution in [0, 0.1) is 0 Å². The van der Waals surface area contributed by atoms with Crippen LogP contribution in [-0.4, -0.2) is 81.5 Å². The van der Waals surface area contributed by atoms with Crippen LogP contribution in [-0.2, 0) is 4.74 Å². The third-order valence-corrected chi connectivity index (χ3v) is 6.39. The van der Waals surface area contributed by atoms with E-state index in [-0.39, 0.29) is 6.10 Å². The van der Waals surface area contributed by atoms with Gasteiger partial charge in [0, 0.05) is 38.8 Å². The highest BCUT2D eigenvalue weighted by molar-refractivity contribution is 5.44. The monoisotopic (exact) mass is 378 g/mol. The van der Waals surface area contributed by atoms with Gasteiger partial charge < -0.3 is 29.9 Å². The van der Waals surface area contributed by atoms with Crippen molar-refractivity contribution in [3.05, 3.63) is 12.3 Å². The number of rotatable bonds is 2. The van der Waals surface area contributed by atoms with E-state index < -0.39 is 17.3 Å². The maximum absolute atomic E-state index is 10.7.